The van der Waals surface area contributed by atoms with Crippen molar-refractivity contribution in [3.05, 3.63) is 12.2 Å². The summed E-state index contributed by atoms with van der Waals surface area (Å²) in [5, 5.41) is 17.2. The lowest BCUT2D eigenvalue weighted by Crippen LogP contribution is -2.14. The fourth-order valence-corrected chi connectivity index (χ4v) is 1.68. The van der Waals surface area contributed by atoms with Gasteiger partial charge in [-0.15, -0.1) is 0 Å². The summed E-state index contributed by atoms with van der Waals surface area (Å²) in [6, 6.07) is 4.26. The van der Waals surface area contributed by atoms with Gasteiger partial charge in [-0.25, -0.2) is 0 Å². The van der Waals surface area contributed by atoms with Crippen molar-refractivity contribution in [2.75, 3.05) is 0 Å². The largest absolute Gasteiger partial charge is 0.198 e. The topological polar surface area (TPSA) is 47.6 Å². The number of allylic oxidation sites excluding steroid dienone is 1. The monoisotopic (exact) mass is 176 g/mol. The maximum Gasteiger partial charge on any atom is 0.0625 e. The molecule has 0 N–H and O–H groups in total. The molecular formula is C11H16N2. The predicted molar refractivity (Wildman–Crippen MR) is 52.5 cm³/mol. The summed E-state index contributed by atoms with van der Waals surface area (Å²) < 4.78 is 0. The molecule has 0 aliphatic heterocycles. The fourth-order valence-electron chi connectivity index (χ4n) is 1.68. The molecule has 0 rings (SSSR count). The molecule has 0 saturated heterocycles. The molecule has 1 atom stereocenters. The SMILES string of the molecule is C=C(C)C(CC)C(CC#N)CC#N. The van der Waals surface area contributed by atoms with E-state index in [4.69, 9.17) is 10.5 Å². The second-order valence-electron chi connectivity index (χ2n) is 3.35. The van der Waals surface area contributed by atoms with E-state index in [2.05, 4.69) is 25.6 Å². The molecular weight excluding hydrogens is 160 g/mol. The Morgan fingerprint density at radius 2 is 1.77 bits per heavy atom. The normalized spacial score (nSPS) is 11.8. The lowest BCUT2D eigenvalue weighted by atomic mass is 9.81. The zero-order chi connectivity index (χ0) is 10.3. The second-order valence-corrected chi connectivity index (χ2v) is 3.35. The Morgan fingerprint density at radius 3 is 2.00 bits per heavy atom. The molecule has 2 heteroatoms. The lowest BCUT2D eigenvalue weighted by Gasteiger charge is -2.22. The quantitative estimate of drug-likeness (QED) is 0.604. The first-order valence-electron chi connectivity index (χ1n) is 4.56. The van der Waals surface area contributed by atoms with Gasteiger partial charge in [0.25, 0.3) is 0 Å². The lowest BCUT2D eigenvalue weighted by molar-refractivity contribution is 0.380. The zero-order valence-electron chi connectivity index (χ0n) is 8.38. The van der Waals surface area contributed by atoms with E-state index in [0.717, 1.165) is 12.0 Å². The van der Waals surface area contributed by atoms with Crippen molar-refractivity contribution >= 4 is 0 Å². The van der Waals surface area contributed by atoms with E-state index >= 15 is 0 Å². The molecule has 1 unspecified atom stereocenters. The van der Waals surface area contributed by atoms with Gasteiger partial charge in [0.15, 0.2) is 0 Å². The van der Waals surface area contributed by atoms with Gasteiger partial charge in [0.05, 0.1) is 12.1 Å². The number of rotatable bonds is 5. The van der Waals surface area contributed by atoms with E-state index in [1.54, 1.807) is 0 Å². The Labute approximate surface area is 80.5 Å². The van der Waals surface area contributed by atoms with Crippen molar-refractivity contribution < 1.29 is 0 Å². The molecule has 0 radical (unpaired) electrons. The zero-order valence-corrected chi connectivity index (χ0v) is 8.38. The number of nitrogens with zero attached hydrogens (tertiary/aromatic N) is 2. The summed E-state index contributed by atoms with van der Waals surface area (Å²) in [6.07, 6.45) is 1.88. The molecule has 0 aromatic heterocycles. The number of hydrogen-bond acceptors (Lipinski definition) is 2. The van der Waals surface area contributed by atoms with Gasteiger partial charge in [-0.3, -0.25) is 0 Å². The Hall–Kier alpha value is -1.28. The summed E-state index contributed by atoms with van der Waals surface area (Å²) in [4.78, 5) is 0. The summed E-state index contributed by atoms with van der Waals surface area (Å²) in [6.45, 7) is 7.93. The molecule has 0 saturated carbocycles. The molecule has 0 spiro atoms. The van der Waals surface area contributed by atoms with Gasteiger partial charge >= 0.3 is 0 Å². The Morgan fingerprint density at radius 1 is 1.31 bits per heavy atom. The van der Waals surface area contributed by atoms with Crippen LogP contribution >= 0.6 is 0 Å². The van der Waals surface area contributed by atoms with Gasteiger partial charge in [0, 0.05) is 12.8 Å². The average Bonchev–Trinajstić information content (AvgIpc) is 2.05. The van der Waals surface area contributed by atoms with Crippen LogP contribution in [0.5, 0.6) is 0 Å². The van der Waals surface area contributed by atoms with E-state index in [9.17, 15) is 0 Å². The third-order valence-corrected chi connectivity index (χ3v) is 2.35. The number of nitriles is 2. The molecule has 0 aromatic carbocycles. The molecule has 70 valence electrons. The van der Waals surface area contributed by atoms with E-state index in [1.165, 1.54) is 0 Å². The predicted octanol–water partition coefficient (Wildman–Crippen LogP) is 3.03. The molecule has 0 bridgehead atoms. The van der Waals surface area contributed by atoms with Gasteiger partial charge < -0.3 is 0 Å². The van der Waals surface area contributed by atoms with Crippen LogP contribution in [0.3, 0.4) is 0 Å². The minimum atomic E-state index is 0.164. The van der Waals surface area contributed by atoms with E-state index in [1.807, 2.05) is 6.92 Å². The molecule has 0 heterocycles. The highest BCUT2D eigenvalue weighted by Gasteiger charge is 2.19. The fraction of sp³-hybridized carbons (Fsp3) is 0.636. The smallest absolute Gasteiger partial charge is 0.0625 e. The van der Waals surface area contributed by atoms with Crippen molar-refractivity contribution in [2.24, 2.45) is 11.8 Å². The third kappa shape index (κ3) is 3.76. The first-order chi connectivity index (χ1) is 6.17. The minimum Gasteiger partial charge on any atom is -0.198 e. The highest BCUT2D eigenvalue weighted by atomic mass is 14.3. The Bertz CT molecular complexity index is 226. The van der Waals surface area contributed by atoms with Gasteiger partial charge in [-0.05, 0) is 25.2 Å². The van der Waals surface area contributed by atoms with Crippen molar-refractivity contribution in [3.8, 4) is 12.1 Å². The standard InChI is InChI=1S/C11H16N2/c1-4-11(9(2)3)10(5-7-12)6-8-13/h10-11H,2,4-6H2,1,3H3. The van der Waals surface area contributed by atoms with Crippen LogP contribution in [0.2, 0.25) is 0 Å². The van der Waals surface area contributed by atoms with Crippen LogP contribution in [0.1, 0.15) is 33.1 Å². The van der Waals surface area contributed by atoms with Crippen LogP contribution in [0.25, 0.3) is 0 Å². The van der Waals surface area contributed by atoms with E-state index < -0.39 is 0 Å². The molecule has 0 fully saturated rings. The average molecular weight is 176 g/mol. The van der Waals surface area contributed by atoms with Gasteiger partial charge in [0.2, 0.25) is 0 Å². The van der Waals surface area contributed by atoms with Crippen LogP contribution in [0, 0.1) is 34.5 Å². The molecule has 0 aliphatic carbocycles. The van der Waals surface area contributed by atoms with Gasteiger partial charge in [-0.2, -0.15) is 10.5 Å². The van der Waals surface area contributed by atoms with Crippen LogP contribution in [0.4, 0.5) is 0 Å². The van der Waals surface area contributed by atoms with E-state index in [-0.39, 0.29) is 5.92 Å². The summed E-state index contributed by atoms with van der Waals surface area (Å²) in [7, 11) is 0. The van der Waals surface area contributed by atoms with E-state index in [0.29, 0.717) is 18.8 Å². The van der Waals surface area contributed by atoms with Crippen LogP contribution in [-0.2, 0) is 0 Å². The first kappa shape index (κ1) is 11.7. The van der Waals surface area contributed by atoms with Crippen molar-refractivity contribution in [1.82, 2.24) is 0 Å². The molecule has 0 aliphatic rings. The molecule has 13 heavy (non-hydrogen) atoms. The first-order valence-corrected chi connectivity index (χ1v) is 4.56. The maximum atomic E-state index is 8.60. The Balaban J connectivity index is 4.41. The second kappa shape index (κ2) is 6.26. The molecule has 0 amide bonds. The number of hydrogen-bond donors (Lipinski definition) is 0. The van der Waals surface area contributed by atoms with Gasteiger partial charge in [0.1, 0.15) is 0 Å². The van der Waals surface area contributed by atoms with Crippen LogP contribution < -0.4 is 0 Å². The van der Waals surface area contributed by atoms with Crippen molar-refractivity contribution in [1.29, 1.82) is 10.5 Å². The summed E-state index contributed by atoms with van der Waals surface area (Å²) in [5.74, 6) is 0.483. The molecule has 0 aromatic rings. The minimum absolute atomic E-state index is 0.164. The molecule has 2 nitrogen and oxygen atoms in total. The third-order valence-electron chi connectivity index (χ3n) is 2.35. The Kier molecular flexibility index (Phi) is 5.64. The highest BCUT2D eigenvalue weighted by Crippen LogP contribution is 2.27. The van der Waals surface area contributed by atoms with Crippen molar-refractivity contribution in [3.63, 3.8) is 0 Å². The summed E-state index contributed by atoms with van der Waals surface area (Å²) in [5.41, 5.74) is 1.08. The van der Waals surface area contributed by atoms with Crippen LogP contribution in [0.15, 0.2) is 12.2 Å². The highest BCUT2D eigenvalue weighted by molar-refractivity contribution is 5.02. The summed E-state index contributed by atoms with van der Waals surface area (Å²) >= 11 is 0. The van der Waals surface area contributed by atoms with Crippen LogP contribution in [-0.4, -0.2) is 0 Å². The van der Waals surface area contributed by atoms with Crippen molar-refractivity contribution in [2.45, 2.75) is 33.1 Å². The maximum absolute atomic E-state index is 8.60. The van der Waals surface area contributed by atoms with Gasteiger partial charge in [-0.1, -0.05) is 19.1 Å².